The molecule has 1 saturated heterocycles. The summed E-state index contributed by atoms with van der Waals surface area (Å²) in [6.07, 6.45) is 16.9. The van der Waals surface area contributed by atoms with Gasteiger partial charge in [-0.3, -0.25) is 0 Å². The Balaban J connectivity index is 2.05. The van der Waals surface area contributed by atoms with E-state index in [1.54, 1.807) is 0 Å². The summed E-state index contributed by atoms with van der Waals surface area (Å²) in [4.78, 5) is 0. The molecule has 1 rings (SSSR count). The highest BCUT2D eigenvalue weighted by Gasteiger charge is 2.18. The fourth-order valence-electron chi connectivity index (χ4n) is 3.25. The minimum atomic E-state index is 0.525. The lowest BCUT2D eigenvalue weighted by molar-refractivity contribution is 0.00467. The van der Waals surface area contributed by atoms with E-state index in [1.807, 2.05) is 0 Å². The van der Waals surface area contributed by atoms with Crippen LogP contribution in [0.5, 0.6) is 0 Å². The van der Waals surface area contributed by atoms with E-state index in [-0.39, 0.29) is 0 Å². The van der Waals surface area contributed by atoms with Gasteiger partial charge in [-0.2, -0.15) is 0 Å². The van der Waals surface area contributed by atoms with Crippen molar-refractivity contribution in [1.29, 1.82) is 0 Å². The van der Waals surface area contributed by atoms with Crippen LogP contribution in [0, 0.1) is 0 Å². The summed E-state index contributed by atoms with van der Waals surface area (Å²) >= 11 is 0. The van der Waals surface area contributed by atoms with Crippen molar-refractivity contribution in [3.8, 4) is 0 Å². The Morgan fingerprint density at radius 3 is 2.40 bits per heavy atom. The lowest BCUT2D eigenvalue weighted by atomic mass is 9.97. The molecule has 1 fully saturated rings. The van der Waals surface area contributed by atoms with Crippen LogP contribution in [0.25, 0.3) is 0 Å². The van der Waals surface area contributed by atoms with Crippen molar-refractivity contribution in [3.05, 3.63) is 0 Å². The molecular weight excluding hydrogens is 246 g/mol. The van der Waals surface area contributed by atoms with Crippen LogP contribution in [0.4, 0.5) is 0 Å². The third kappa shape index (κ3) is 8.97. The summed E-state index contributed by atoms with van der Waals surface area (Å²) in [6, 6.07) is 0.679. The second-order valence-corrected chi connectivity index (χ2v) is 6.39. The summed E-state index contributed by atoms with van der Waals surface area (Å²) in [6.45, 7) is 6.59. The number of unbranched alkanes of at least 4 members (excludes halogenated alkanes) is 6. The Bertz CT molecular complexity index is 202. The highest BCUT2D eigenvalue weighted by molar-refractivity contribution is 4.74. The minimum Gasteiger partial charge on any atom is -0.378 e. The smallest absolute Gasteiger partial charge is 0.0590 e. The Morgan fingerprint density at radius 1 is 1.00 bits per heavy atom. The monoisotopic (exact) mass is 283 g/mol. The summed E-state index contributed by atoms with van der Waals surface area (Å²) in [5, 5.41) is 3.66. The van der Waals surface area contributed by atoms with Crippen molar-refractivity contribution in [2.75, 3.05) is 13.2 Å². The number of nitrogens with one attached hydrogen (secondary N) is 1. The van der Waals surface area contributed by atoms with Crippen LogP contribution in [0.2, 0.25) is 0 Å². The first-order valence-electron chi connectivity index (χ1n) is 9.21. The SMILES string of the molecule is CCCCCCCCCC(CC1CCCCO1)NCC. The molecule has 1 heterocycles. The van der Waals surface area contributed by atoms with Gasteiger partial charge in [0.2, 0.25) is 0 Å². The van der Waals surface area contributed by atoms with E-state index in [0.717, 1.165) is 13.2 Å². The average molecular weight is 284 g/mol. The number of ether oxygens (including phenoxy) is 1. The van der Waals surface area contributed by atoms with E-state index in [0.29, 0.717) is 12.1 Å². The molecule has 0 bridgehead atoms. The van der Waals surface area contributed by atoms with Gasteiger partial charge in [0.05, 0.1) is 6.10 Å². The van der Waals surface area contributed by atoms with Gasteiger partial charge in [0.1, 0.15) is 0 Å². The predicted octanol–water partition coefficient (Wildman–Crippen LogP) is 5.06. The molecule has 20 heavy (non-hydrogen) atoms. The Morgan fingerprint density at radius 2 is 1.75 bits per heavy atom. The first-order valence-corrected chi connectivity index (χ1v) is 9.21. The van der Waals surface area contributed by atoms with E-state index in [2.05, 4.69) is 19.2 Å². The van der Waals surface area contributed by atoms with Gasteiger partial charge in [-0.1, -0.05) is 58.8 Å². The van der Waals surface area contributed by atoms with E-state index in [4.69, 9.17) is 4.74 Å². The molecule has 1 aliphatic heterocycles. The predicted molar refractivity (Wildman–Crippen MR) is 88.3 cm³/mol. The van der Waals surface area contributed by atoms with Gasteiger partial charge in [0, 0.05) is 12.6 Å². The maximum atomic E-state index is 5.89. The van der Waals surface area contributed by atoms with E-state index in [1.165, 1.54) is 77.0 Å². The van der Waals surface area contributed by atoms with Crippen molar-refractivity contribution in [3.63, 3.8) is 0 Å². The molecule has 0 aliphatic carbocycles. The van der Waals surface area contributed by atoms with Crippen molar-refractivity contribution in [1.82, 2.24) is 5.32 Å². The second kappa shape index (κ2) is 12.6. The highest BCUT2D eigenvalue weighted by Crippen LogP contribution is 2.19. The van der Waals surface area contributed by atoms with Crippen LogP contribution < -0.4 is 5.32 Å². The van der Waals surface area contributed by atoms with Gasteiger partial charge in [-0.15, -0.1) is 0 Å². The quantitative estimate of drug-likeness (QED) is 0.505. The Hall–Kier alpha value is -0.0800. The maximum Gasteiger partial charge on any atom is 0.0590 e. The summed E-state index contributed by atoms with van der Waals surface area (Å²) < 4.78 is 5.89. The molecule has 0 aromatic rings. The lowest BCUT2D eigenvalue weighted by Gasteiger charge is -2.27. The van der Waals surface area contributed by atoms with E-state index < -0.39 is 0 Å². The van der Waals surface area contributed by atoms with Crippen LogP contribution >= 0.6 is 0 Å². The molecule has 0 aromatic carbocycles. The van der Waals surface area contributed by atoms with Crippen LogP contribution in [0.15, 0.2) is 0 Å². The standard InChI is InChI=1S/C18H37NO/c1-3-5-6-7-8-9-10-13-17(19-4-2)16-18-14-11-12-15-20-18/h17-19H,3-16H2,1-2H3. The number of hydrogen-bond donors (Lipinski definition) is 1. The van der Waals surface area contributed by atoms with Gasteiger partial charge in [-0.05, 0) is 38.6 Å². The molecule has 0 aromatic heterocycles. The molecule has 1 N–H and O–H groups in total. The summed E-state index contributed by atoms with van der Waals surface area (Å²) in [5.41, 5.74) is 0. The molecule has 0 spiro atoms. The summed E-state index contributed by atoms with van der Waals surface area (Å²) in [7, 11) is 0. The van der Waals surface area contributed by atoms with E-state index >= 15 is 0 Å². The Kier molecular flexibility index (Phi) is 11.4. The van der Waals surface area contributed by atoms with Crippen molar-refractivity contribution >= 4 is 0 Å². The molecule has 0 amide bonds. The van der Waals surface area contributed by atoms with Crippen molar-refractivity contribution in [2.45, 2.75) is 103 Å². The van der Waals surface area contributed by atoms with Crippen LogP contribution in [0.3, 0.4) is 0 Å². The van der Waals surface area contributed by atoms with Crippen LogP contribution in [-0.2, 0) is 4.74 Å². The van der Waals surface area contributed by atoms with Crippen LogP contribution in [-0.4, -0.2) is 25.3 Å². The van der Waals surface area contributed by atoms with Gasteiger partial charge in [0.25, 0.3) is 0 Å². The molecule has 0 saturated carbocycles. The van der Waals surface area contributed by atoms with Crippen molar-refractivity contribution in [2.24, 2.45) is 0 Å². The highest BCUT2D eigenvalue weighted by atomic mass is 16.5. The molecule has 120 valence electrons. The van der Waals surface area contributed by atoms with Gasteiger partial charge in [0.15, 0.2) is 0 Å². The van der Waals surface area contributed by atoms with E-state index in [9.17, 15) is 0 Å². The molecule has 1 aliphatic rings. The molecule has 2 nitrogen and oxygen atoms in total. The third-order valence-electron chi connectivity index (χ3n) is 4.47. The Labute approximate surface area is 127 Å². The second-order valence-electron chi connectivity index (χ2n) is 6.39. The molecule has 0 radical (unpaired) electrons. The topological polar surface area (TPSA) is 21.3 Å². The zero-order valence-corrected chi connectivity index (χ0v) is 14.0. The first kappa shape index (κ1) is 18.0. The fraction of sp³-hybridized carbons (Fsp3) is 1.00. The normalized spacial score (nSPS) is 21.0. The largest absolute Gasteiger partial charge is 0.378 e. The third-order valence-corrected chi connectivity index (χ3v) is 4.47. The number of rotatable bonds is 12. The average Bonchev–Trinajstić information content (AvgIpc) is 2.47. The summed E-state index contributed by atoms with van der Waals surface area (Å²) in [5.74, 6) is 0. The number of hydrogen-bond acceptors (Lipinski definition) is 2. The maximum absolute atomic E-state index is 5.89. The lowest BCUT2D eigenvalue weighted by Crippen LogP contribution is -2.34. The zero-order chi connectivity index (χ0) is 14.5. The fourth-order valence-corrected chi connectivity index (χ4v) is 3.25. The molecular formula is C18H37NO. The molecule has 2 atom stereocenters. The van der Waals surface area contributed by atoms with Crippen molar-refractivity contribution < 1.29 is 4.74 Å². The zero-order valence-electron chi connectivity index (χ0n) is 14.0. The molecule has 2 unspecified atom stereocenters. The van der Waals surface area contributed by atoms with Gasteiger partial charge in [-0.25, -0.2) is 0 Å². The minimum absolute atomic E-state index is 0.525. The molecule has 2 heteroatoms. The van der Waals surface area contributed by atoms with Gasteiger partial charge >= 0.3 is 0 Å². The van der Waals surface area contributed by atoms with Crippen LogP contribution in [0.1, 0.15) is 90.9 Å². The van der Waals surface area contributed by atoms with Gasteiger partial charge < -0.3 is 10.1 Å². The first-order chi connectivity index (χ1) is 9.86.